The van der Waals surface area contributed by atoms with E-state index in [0.717, 1.165) is 30.6 Å². The smallest absolute Gasteiger partial charge is 0.354 e. The van der Waals surface area contributed by atoms with E-state index >= 15 is 0 Å². The van der Waals surface area contributed by atoms with E-state index in [4.69, 9.17) is 0 Å². The average molecular weight is 286 g/mol. The van der Waals surface area contributed by atoms with Crippen molar-refractivity contribution in [2.24, 2.45) is 5.92 Å². The number of hydrogen-bond donors (Lipinski definition) is 2. The van der Waals surface area contributed by atoms with Crippen LogP contribution < -0.4 is 4.90 Å². The third-order valence-corrected chi connectivity index (χ3v) is 4.16. The van der Waals surface area contributed by atoms with Crippen molar-refractivity contribution < 1.29 is 15.0 Å². The molecular formula is C16H18N2O3. The van der Waals surface area contributed by atoms with E-state index < -0.39 is 5.97 Å². The van der Waals surface area contributed by atoms with Gasteiger partial charge in [-0.15, -0.1) is 0 Å². The number of aliphatic hydroxyl groups excluding tert-OH is 1. The summed E-state index contributed by atoms with van der Waals surface area (Å²) in [6.45, 7) is 3.37. The van der Waals surface area contributed by atoms with Gasteiger partial charge in [-0.05, 0) is 25.5 Å². The zero-order valence-electron chi connectivity index (χ0n) is 11.9. The molecular weight excluding hydrogens is 268 g/mol. The van der Waals surface area contributed by atoms with Crippen molar-refractivity contribution >= 4 is 22.6 Å². The van der Waals surface area contributed by atoms with Gasteiger partial charge < -0.3 is 15.1 Å². The van der Waals surface area contributed by atoms with Crippen molar-refractivity contribution in [1.29, 1.82) is 0 Å². The summed E-state index contributed by atoms with van der Waals surface area (Å²) in [6, 6.07) is 9.20. The van der Waals surface area contributed by atoms with Crippen LogP contribution in [0.15, 0.2) is 30.3 Å². The van der Waals surface area contributed by atoms with Crippen molar-refractivity contribution in [3.8, 4) is 0 Å². The predicted octanol–water partition coefficient (Wildman–Crippen LogP) is 2.14. The molecule has 2 atom stereocenters. The van der Waals surface area contributed by atoms with Gasteiger partial charge in [-0.25, -0.2) is 9.78 Å². The number of benzene rings is 1. The maximum absolute atomic E-state index is 11.3. The van der Waals surface area contributed by atoms with Crippen LogP contribution in [0.5, 0.6) is 0 Å². The number of aliphatic hydroxyl groups is 1. The summed E-state index contributed by atoms with van der Waals surface area (Å²) in [4.78, 5) is 17.6. The summed E-state index contributed by atoms with van der Waals surface area (Å²) in [6.07, 6.45) is 0.568. The van der Waals surface area contributed by atoms with E-state index in [1.54, 1.807) is 6.07 Å². The molecule has 0 saturated carbocycles. The molecule has 2 aromatic rings. The standard InChI is InChI=1S/C16H18N2O3/c1-10(19)11-6-7-18(9-11)15-8-14(16(20)21)17-13-5-3-2-4-12(13)15/h2-5,8,10-11,19H,6-7,9H2,1H3,(H,20,21). The average Bonchev–Trinajstić information content (AvgIpc) is 2.96. The van der Waals surface area contributed by atoms with Crippen molar-refractivity contribution in [2.45, 2.75) is 19.4 Å². The Morgan fingerprint density at radius 2 is 2.19 bits per heavy atom. The number of hydrogen-bond acceptors (Lipinski definition) is 4. The van der Waals surface area contributed by atoms with Gasteiger partial charge in [0.15, 0.2) is 5.69 Å². The highest BCUT2D eigenvalue weighted by Crippen LogP contribution is 2.32. The monoisotopic (exact) mass is 286 g/mol. The first-order chi connectivity index (χ1) is 10.1. The number of carboxylic acid groups (broad SMARTS) is 1. The molecule has 0 amide bonds. The van der Waals surface area contributed by atoms with Crippen LogP contribution in [0.25, 0.3) is 10.9 Å². The number of nitrogens with zero attached hydrogens (tertiary/aromatic N) is 2. The second-order valence-electron chi connectivity index (χ2n) is 5.58. The molecule has 0 aliphatic carbocycles. The van der Waals surface area contributed by atoms with Gasteiger partial charge >= 0.3 is 5.97 Å². The molecule has 5 heteroatoms. The van der Waals surface area contributed by atoms with Crippen molar-refractivity contribution in [3.05, 3.63) is 36.0 Å². The fourth-order valence-electron chi connectivity index (χ4n) is 2.93. The minimum absolute atomic E-state index is 0.0594. The van der Waals surface area contributed by atoms with Gasteiger partial charge in [0, 0.05) is 30.1 Å². The Kier molecular flexibility index (Phi) is 3.51. The SMILES string of the molecule is CC(O)C1CCN(c2cc(C(=O)O)nc3ccccc23)C1. The molecule has 1 aliphatic heterocycles. The molecule has 0 radical (unpaired) electrons. The fraction of sp³-hybridized carbons (Fsp3) is 0.375. The van der Waals surface area contributed by atoms with E-state index in [9.17, 15) is 15.0 Å². The maximum Gasteiger partial charge on any atom is 0.354 e. The first-order valence-electron chi connectivity index (χ1n) is 7.12. The Balaban J connectivity index is 2.06. The van der Waals surface area contributed by atoms with E-state index in [1.807, 2.05) is 31.2 Å². The molecule has 1 aliphatic rings. The number of rotatable bonds is 3. The minimum atomic E-state index is -1.02. The summed E-state index contributed by atoms with van der Waals surface area (Å²) in [7, 11) is 0. The summed E-state index contributed by atoms with van der Waals surface area (Å²) >= 11 is 0. The summed E-state index contributed by atoms with van der Waals surface area (Å²) in [5, 5.41) is 19.9. The fourth-order valence-corrected chi connectivity index (χ4v) is 2.93. The normalized spacial score (nSPS) is 19.9. The molecule has 1 fully saturated rings. The molecule has 5 nitrogen and oxygen atoms in total. The van der Waals surface area contributed by atoms with Crippen molar-refractivity contribution in [2.75, 3.05) is 18.0 Å². The highest BCUT2D eigenvalue weighted by Gasteiger charge is 2.27. The van der Waals surface area contributed by atoms with Gasteiger partial charge in [-0.3, -0.25) is 0 Å². The van der Waals surface area contributed by atoms with Crippen LogP contribution in [0.2, 0.25) is 0 Å². The molecule has 21 heavy (non-hydrogen) atoms. The summed E-state index contributed by atoms with van der Waals surface area (Å²) in [5.41, 5.74) is 1.64. The van der Waals surface area contributed by atoms with Gasteiger partial charge in [0.2, 0.25) is 0 Å². The molecule has 2 N–H and O–H groups in total. The van der Waals surface area contributed by atoms with E-state index in [-0.39, 0.29) is 17.7 Å². The largest absolute Gasteiger partial charge is 0.477 e. The number of aromatic nitrogens is 1. The number of para-hydroxylation sites is 1. The molecule has 1 aromatic heterocycles. The number of carbonyl (C=O) groups is 1. The van der Waals surface area contributed by atoms with E-state index in [2.05, 4.69) is 9.88 Å². The molecule has 3 rings (SSSR count). The zero-order chi connectivity index (χ0) is 15.0. The number of carboxylic acids is 1. The van der Waals surface area contributed by atoms with Crippen LogP contribution in [0, 0.1) is 5.92 Å². The Hall–Kier alpha value is -2.14. The molecule has 0 spiro atoms. The third kappa shape index (κ3) is 2.56. The quantitative estimate of drug-likeness (QED) is 0.904. The summed E-state index contributed by atoms with van der Waals surface area (Å²) in [5.74, 6) is -0.793. The summed E-state index contributed by atoms with van der Waals surface area (Å²) < 4.78 is 0. The van der Waals surface area contributed by atoms with E-state index in [0.29, 0.717) is 5.52 Å². The Labute approximate surface area is 122 Å². The van der Waals surface area contributed by atoms with Gasteiger partial charge in [-0.2, -0.15) is 0 Å². The molecule has 2 unspecified atom stereocenters. The number of aromatic carboxylic acids is 1. The predicted molar refractivity (Wildman–Crippen MR) is 80.7 cm³/mol. The maximum atomic E-state index is 11.3. The third-order valence-electron chi connectivity index (χ3n) is 4.16. The highest BCUT2D eigenvalue weighted by atomic mass is 16.4. The lowest BCUT2D eigenvalue weighted by atomic mass is 10.0. The second-order valence-corrected chi connectivity index (χ2v) is 5.58. The Morgan fingerprint density at radius 3 is 2.86 bits per heavy atom. The highest BCUT2D eigenvalue weighted by molar-refractivity contribution is 5.97. The number of anilines is 1. The number of pyridine rings is 1. The van der Waals surface area contributed by atoms with Crippen LogP contribution in [-0.4, -0.2) is 40.4 Å². The van der Waals surface area contributed by atoms with Gasteiger partial charge in [0.1, 0.15) is 0 Å². The molecule has 110 valence electrons. The lowest BCUT2D eigenvalue weighted by Gasteiger charge is -2.21. The first kappa shape index (κ1) is 13.8. The lowest BCUT2D eigenvalue weighted by Crippen LogP contribution is -2.24. The van der Waals surface area contributed by atoms with Gasteiger partial charge in [0.25, 0.3) is 0 Å². The van der Waals surface area contributed by atoms with Gasteiger partial charge in [-0.1, -0.05) is 18.2 Å². The van der Waals surface area contributed by atoms with Crippen LogP contribution in [-0.2, 0) is 0 Å². The van der Waals surface area contributed by atoms with Crippen LogP contribution in [0.4, 0.5) is 5.69 Å². The molecule has 2 heterocycles. The minimum Gasteiger partial charge on any atom is -0.477 e. The van der Waals surface area contributed by atoms with Crippen molar-refractivity contribution in [3.63, 3.8) is 0 Å². The molecule has 1 saturated heterocycles. The van der Waals surface area contributed by atoms with Crippen molar-refractivity contribution in [1.82, 2.24) is 4.98 Å². The Bertz CT molecular complexity index is 684. The van der Waals surface area contributed by atoms with Gasteiger partial charge in [0.05, 0.1) is 11.6 Å². The first-order valence-corrected chi connectivity index (χ1v) is 7.12. The topological polar surface area (TPSA) is 73.7 Å². The van der Waals surface area contributed by atoms with Crippen LogP contribution >= 0.6 is 0 Å². The van der Waals surface area contributed by atoms with Crippen LogP contribution in [0.3, 0.4) is 0 Å². The lowest BCUT2D eigenvalue weighted by molar-refractivity contribution is 0.0691. The number of fused-ring (bicyclic) bond motifs is 1. The zero-order valence-corrected chi connectivity index (χ0v) is 11.9. The molecule has 0 bridgehead atoms. The molecule has 1 aromatic carbocycles. The van der Waals surface area contributed by atoms with E-state index in [1.165, 1.54) is 0 Å². The van der Waals surface area contributed by atoms with Crippen LogP contribution in [0.1, 0.15) is 23.8 Å². The second kappa shape index (κ2) is 5.33. The Morgan fingerprint density at radius 1 is 1.43 bits per heavy atom.